The van der Waals surface area contributed by atoms with Gasteiger partial charge in [0.2, 0.25) is 0 Å². The van der Waals surface area contributed by atoms with Crippen molar-refractivity contribution in [3.63, 3.8) is 0 Å². The molecule has 0 aliphatic heterocycles. The molecule has 0 radical (unpaired) electrons. The van der Waals surface area contributed by atoms with Gasteiger partial charge in [0.1, 0.15) is 16.7 Å². The van der Waals surface area contributed by atoms with Crippen LogP contribution >= 0.6 is 11.6 Å². The van der Waals surface area contributed by atoms with Crippen LogP contribution in [0.25, 0.3) is 33.2 Å². The second-order valence-electron chi connectivity index (χ2n) is 8.56. The van der Waals surface area contributed by atoms with E-state index in [4.69, 9.17) is 26.6 Å². The summed E-state index contributed by atoms with van der Waals surface area (Å²) >= 11 is 6.46. The number of hydrogen-bond acceptors (Lipinski definition) is 4. The molecule has 5 rings (SSSR count). The van der Waals surface area contributed by atoms with Crippen molar-refractivity contribution in [3.8, 4) is 0 Å². The predicted octanol–water partition coefficient (Wildman–Crippen LogP) is 5.35. The monoisotopic (exact) mass is 445 g/mol. The van der Waals surface area contributed by atoms with Crippen LogP contribution in [0.3, 0.4) is 0 Å². The predicted molar refractivity (Wildman–Crippen MR) is 129 cm³/mol. The first-order chi connectivity index (χ1) is 15.4. The van der Waals surface area contributed by atoms with Crippen LogP contribution in [-0.2, 0) is 13.1 Å². The highest BCUT2D eigenvalue weighted by atomic mass is 35.5. The molecule has 0 bridgehead atoms. The average molecular weight is 446 g/mol. The van der Waals surface area contributed by atoms with Crippen molar-refractivity contribution in [2.75, 3.05) is 0 Å². The van der Waals surface area contributed by atoms with Crippen LogP contribution in [0.1, 0.15) is 31.7 Å². The fourth-order valence-corrected chi connectivity index (χ4v) is 4.29. The van der Waals surface area contributed by atoms with Gasteiger partial charge < -0.3 is 4.57 Å². The van der Waals surface area contributed by atoms with E-state index < -0.39 is 0 Å². The van der Waals surface area contributed by atoms with Crippen molar-refractivity contribution >= 4 is 44.8 Å². The van der Waals surface area contributed by atoms with Crippen LogP contribution < -0.4 is 5.56 Å². The lowest BCUT2D eigenvalue weighted by Crippen LogP contribution is -2.25. The van der Waals surface area contributed by atoms with Gasteiger partial charge in [-0.25, -0.2) is 15.0 Å². The number of aryl methyl sites for hydroxylation is 1. The maximum Gasteiger partial charge on any atom is 0.265 e. The standard InChI is InChI=1S/C25H24ClN5O/c1-15(2)12-13-30-16(3)27-23-21(25(30)32)22-24(29-20-11-7-6-10-19(20)28-22)31(23)14-17-8-4-5-9-18(17)26/h4-11,15H,12-14H2,1-3H3. The highest BCUT2D eigenvalue weighted by molar-refractivity contribution is 6.31. The summed E-state index contributed by atoms with van der Waals surface area (Å²) < 4.78 is 3.73. The lowest BCUT2D eigenvalue weighted by molar-refractivity contribution is 0.498. The van der Waals surface area contributed by atoms with Gasteiger partial charge in [-0.1, -0.05) is 55.8 Å². The molecule has 2 aromatic carbocycles. The van der Waals surface area contributed by atoms with Gasteiger partial charge in [0.25, 0.3) is 5.56 Å². The summed E-state index contributed by atoms with van der Waals surface area (Å²) in [5, 5.41) is 1.18. The van der Waals surface area contributed by atoms with E-state index >= 15 is 0 Å². The summed E-state index contributed by atoms with van der Waals surface area (Å²) in [4.78, 5) is 28.3. The van der Waals surface area contributed by atoms with Crippen molar-refractivity contribution in [2.24, 2.45) is 5.92 Å². The molecule has 0 unspecified atom stereocenters. The normalized spacial score (nSPS) is 11.9. The van der Waals surface area contributed by atoms with Crippen molar-refractivity contribution in [3.05, 3.63) is 75.3 Å². The molecule has 0 saturated heterocycles. The van der Waals surface area contributed by atoms with Gasteiger partial charge >= 0.3 is 0 Å². The number of aromatic nitrogens is 5. The Balaban J connectivity index is 1.85. The summed E-state index contributed by atoms with van der Waals surface area (Å²) in [6.07, 6.45) is 0.904. The van der Waals surface area contributed by atoms with Crippen molar-refractivity contribution in [1.82, 2.24) is 24.1 Å². The molecule has 3 heterocycles. The zero-order valence-electron chi connectivity index (χ0n) is 18.3. The smallest absolute Gasteiger partial charge is 0.265 e. The minimum atomic E-state index is -0.0689. The van der Waals surface area contributed by atoms with E-state index in [1.54, 1.807) is 4.57 Å². The first kappa shape index (κ1) is 20.6. The largest absolute Gasteiger partial charge is 0.304 e. The van der Waals surface area contributed by atoms with Crippen LogP contribution in [-0.4, -0.2) is 24.1 Å². The summed E-state index contributed by atoms with van der Waals surface area (Å²) in [5.74, 6) is 1.18. The van der Waals surface area contributed by atoms with Gasteiger partial charge in [0.15, 0.2) is 11.3 Å². The average Bonchev–Trinajstić information content (AvgIpc) is 3.05. The molecule has 5 aromatic rings. The Hall–Kier alpha value is -3.25. The first-order valence-electron chi connectivity index (χ1n) is 10.8. The van der Waals surface area contributed by atoms with Gasteiger partial charge in [0, 0.05) is 11.6 Å². The SMILES string of the molecule is Cc1nc2c(c(=O)n1CCC(C)C)c1nc3ccccc3nc1n2Cc1ccccc1Cl. The van der Waals surface area contributed by atoms with Crippen LogP contribution in [0, 0.1) is 12.8 Å². The first-order valence-corrected chi connectivity index (χ1v) is 11.2. The third-order valence-corrected chi connectivity index (χ3v) is 6.23. The molecule has 0 saturated carbocycles. The van der Waals surface area contributed by atoms with Crippen LogP contribution in [0.2, 0.25) is 5.02 Å². The summed E-state index contributed by atoms with van der Waals surface area (Å²) in [6, 6.07) is 15.4. The Kier molecular flexibility index (Phi) is 5.18. The summed E-state index contributed by atoms with van der Waals surface area (Å²) in [6.45, 7) is 7.27. The van der Waals surface area contributed by atoms with Gasteiger partial charge in [-0.05, 0) is 43.0 Å². The topological polar surface area (TPSA) is 65.6 Å². The van der Waals surface area contributed by atoms with E-state index in [2.05, 4.69) is 13.8 Å². The van der Waals surface area contributed by atoms with E-state index in [0.29, 0.717) is 52.1 Å². The molecule has 3 aromatic heterocycles. The van der Waals surface area contributed by atoms with Crippen LogP contribution in [0.15, 0.2) is 53.3 Å². The quantitative estimate of drug-likeness (QED) is 0.365. The van der Waals surface area contributed by atoms with E-state index in [-0.39, 0.29) is 5.56 Å². The van der Waals surface area contributed by atoms with E-state index in [1.165, 1.54) is 0 Å². The number of fused-ring (bicyclic) bond motifs is 4. The molecule has 0 spiro atoms. The second-order valence-corrected chi connectivity index (χ2v) is 8.97. The van der Waals surface area contributed by atoms with Gasteiger partial charge in [0.05, 0.1) is 17.6 Å². The highest BCUT2D eigenvalue weighted by Gasteiger charge is 2.21. The molecule has 6 nitrogen and oxygen atoms in total. The van der Waals surface area contributed by atoms with Gasteiger partial charge in [-0.2, -0.15) is 0 Å². The highest BCUT2D eigenvalue weighted by Crippen LogP contribution is 2.28. The molecule has 7 heteroatoms. The Bertz CT molecular complexity index is 1530. The maximum absolute atomic E-state index is 13.7. The van der Waals surface area contributed by atoms with Crippen LogP contribution in [0.5, 0.6) is 0 Å². The Morgan fingerprint density at radius 3 is 2.31 bits per heavy atom. The molecule has 0 aliphatic rings. The Morgan fingerprint density at radius 1 is 0.906 bits per heavy atom. The molecule has 0 N–H and O–H groups in total. The molecular formula is C25H24ClN5O. The fraction of sp³-hybridized carbons (Fsp3) is 0.280. The summed E-state index contributed by atoms with van der Waals surface area (Å²) in [5.41, 5.74) is 4.22. The molecule has 0 fully saturated rings. The number of halogens is 1. The van der Waals surface area contributed by atoms with E-state index in [0.717, 1.165) is 23.0 Å². The molecule has 0 atom stereocenters. The second kappa shape index (κ2) is 8.02. The minimum absolute atomic E-state index is 0.0689. The number of hydrogen-bond donors (Lipinski definition) is 0. The number of para-hydroxylation sites is 2. The van der Waals surface area contributed by atoms with E-state index in [1.807, 2.05) is 60.0 Å². The number of rotatable bonds is 5. The number of nitrogens with zero attached hydrogens (tertiary/aromatic N) is 5. The molecule has 32 heavy (non-hydrogen) atoms. The van der Waals surface area contributed by atoms with Crippen molar-refractivity contribution in [1.29, 1.82) is 0 Å². The zero-order chi connectivity index (χ0) is 22.4. The molecular weight excluding hydrogens is 422 g/mol. The lowest BCUT2D eigenvalue weighted by Gasteiger charge is -2.12. The minimum Gasteiger partial charge on any atom is -0.304 e. The van der Waals surface area contributed by atoms with Gasteiger partial charge in [-0.15, -0.1) is 0 Å². The lowest BCUT2D eigenvalue weighted by atomic mass is 10.1. The van der Waals surface area contributed by atoms with Gasteiger partial charge in [-0.3, -0.25) is 9.36 Å². The Labute approximate surface area is 190 Å². The Morgan fingerprint density at radius 2 is 1.59 bits per heavy atom. The third-order valence-electron chi connectivity index (χ3n) is 5.86. The molecule has 162 valence electrons. The zero-order valence-corrected chi connectivity index (χ0v) is 19.1. The third kappa shape index (κ3) is 3.45. The van der Waals surface area contributed by atoms with Crippen LogP contribution in [0.4, 0.5) is 0 Å². The molecule has 0 amide bonds. The van der Waals surface area contributed by atoms with E-state index in [9.17, 15) is 4.79 Å². The molecule has 0 aliphatic carbocycles. The van der Waals surface area contributed by atoms with Crippen molar-refractivity contribution in [2.45, 2.75) is 40.3 Å². The number of benzene rings is 2. The maximum atomic E-state index is 13.7. The van der Waals surface area contributed by atoms with Crippen molar-refractivity contribution < 1.29 is 0 Å². The fourth-order valence-electron chi connectivity index (χ4n) is 4.09. The summed E-state index contributed by atoms with van der Waals surface area (Å²) in [7, 11) is 0.